The number of thiophene rings is 1. The van der Waals surface area contributed by atoms with E-state index in [1.807, 2.05) is 31.3 Å². The molecule has 2 aromatic carbocycles. The van der Waals surface area contributed by atoms with Crippen LogP contribution in [0.1, 0.15) is 22.2 Å². The SMILES string of the molecule is CC(=O)N(C)N(Cc1sc2ccccc2c1Br)C(=O)c1ccc2nc(N)c3cnn(C)c3c2c1. The highest BCUT2D eigenvalue weighted by atomic mass is 79.9. The van der Waals surface area contributed by atoms with Crippen LogP contribution in [0.25, 0.3) is 31.9 Å². The van der Waals surface area contributed by atoms with Crippen molar-refractivity contribution < 1.29 is 9.59 Å². The number of amides is 2. The van der Waals surface area contributed by atoms with Crippen LogP contribution < -0.4 is 5.73 Å². The predicted molar refractivity (Wildman–Crippen MR) is 138 cm³/mol. The van der Waals surface area contributed by atoms with Gasteiger partial charge in [-0.3, -0.25) is 19.3 Å². The van der Waals surface area contributed by atoms with Gasteiger partial charge in [-0.05, 0) is 40.2 Å². The van der Waals surface area contributed by atoms with E-state index in [0.29, 0.717) is 16.9 Å². The molecule has 0 atom stereocenters. The highest BCUT2D eigenvalue weighted by Gasteiger charge is 2.25. The number of aromatic nitrogens is 3. The normalized spacial score (nSPS) is 11.4. The fraction of sp³-hybridized carbons (Fsp3) is 0.167. The molecular weight excluding hydrogens is 516 g/mol. The van der Waals surface area contributed by atoms with E-state index in [0.717, 1.165) is 35.7 Å². The van der Waals surface area contributed by atoms with E-state index < -0.39 is 0 Å². The van der Waals surface area contributed by atoms with Crippen molar-refractivity contribution in [1.82, 2.24) is 24.8 Å². The molecule has 0 saturated heterocycles. The first-order valence-electron chi connectivity index (χ1n) is 10.5. The number of benzene rings is 2. The van der Waals surface area contributed by atoms with Gasteiger partial charge in [-0.1, -0.05) is 18.2 Å². The van der Waals surface area contributed by atoms with Crippen molar-refractivity contribution in [1.29, 1.82) is 0 Å². The zero-order valence-electron chi connectivity index (χ0n) is 18.7. The lowest BCUT2D eigenvalue weighted by Gasteiger charge is -2.31. The molecule has 2 N–H and O–H groups in total. The summed E-state index contributed by atoms with van der Waals surface area (Å²) in [4.78, 5) is 31.4. The summed E-state index contributed by atoms with van der Waals surface area (Å²) in [6, 6.07) is 13.3. The molecule has 0 aliphatic heterocycles. The van der Waals surface area contributed by atoms with E-state index in [-0.39, 0.29) is 18.4 Å². The third-order valence-corrected chi connectivity index (χ3v) is 8.23. The molecule has 0 unspecified atom stereocenters. The number of hydrazine groups is 1. The van der Waals surface area contributed by atoms with Crippen molar-refractivity contribution in [3.63, 3.8) is 0 Å². The molecule has 10 heteroatoms. The number of anilines is 1. The number of rotatable bonds is 3. The molecule has 3 aromatic heterocycles. The van der Waals surface area contributed by atoms with E-state index in [9.17, 15) is 9.59 Å². The van der Waals surface area contributed by atoms with Crippen molar-refractivity contribution in [2.24, 2.45) is 7.05 Å². The zero-order chi connectivity index (χ0) is 24.1. The Kier molecular flexibility index (Phi) is 5.49. The Morgan fingerprint density at radius 2 is 1.91 bits per heavy atom. The maximum atomic E-state index is 13.7. The average Bonchev–Trinajstić information content (AvgIpc) is 3.37. The molecule has 0 fully saturated rings. The number of pyridine rings is 1. The van der Waals surface area contributed by atoms with Crippen LogP contribution in [-0.4, -0.2) is 43.6 Å². The molecule has 5 aromatic rings. The number of fused-ring (bicyclic) bond motifs is 4. The van der Waals surface area contributed by atoms with Crippen LogP contribution in [0.15, 0.2) is 53.1 Å². The van der Waals surface area contributed by atoms with Crippen LogP contribution in [0.5, 0.6) is 0 Å². The molecule has 0 radical (unpaired) electrons. The first-order valence-corrected chi connectivity index (χ1v) is 12.1. The molecular formula is C24H21BrN6O2S. The molecule has 172 valence electrons. The van der Waals surface area contributed by atoms with Gasteiger partial charge in [0.1, 0.15) is 5.82 Å². The fourth-order valence-corrected chi connectivity index (χ4v) is 5.95. The molecule has 0 bridgehead atoms. The molecule has 34 heavy (non-hydrogen) atoms. The topological polar surface area (TPSA) is 97.3 Å². The third-order valence-electron chi connectivity index (χ3n) is 5.90. The van der Waals surface area contributed by atoms with Crippen molar-refractivity contribution in [3.05, 3.63) is 63.6 Å². The number of nitrogen functional groups attached to an aromatic ring is 1. The summed E-state index contributed by atoms with van der Waals surface area (Å²) in [5, 5.41) is 9.69. The number of carbonyl (C=O) groups is 2. The molecule has 5 rings (SSSR count). The van der Waals surface area contributed by atoms with Crippen LogP contribution >= 0.6 is 27.3 Å². The summed E-state index contributed by atoms with van der Waals surface area (Å²) in [6.07, 6.45) is 1.67. The van der Waals surface area contributed by atoms with Crippen molar-refractivity contribution in [3.8, 4) is 0 Å². The number of nitrogens with zero attached hydrogens (tertiary/aromatic N) is 5. The van der Waals surface area contributed by atoms with E-state index in [1.54, 1.807) is 47.5 Å². The van der Waals surface area contributed by atoms with E-state index in [2.05, 4.69) is 26.0 Å². The molecule has 0 spiro atoms. The molecule has 3 heterocycles. The van der Waals surface area contributed by atoms with Gasteiger partial charge in [-0.2, -0.15) is 5.10 Å². The largest absolute Gasteiger partial charge is 0.383 e. The molecule has 0 aliphatic carbocycles. The summed E-state index contributed by atoms with van der Waals surface area (Å²) in [5.74, 6) is -0.145. The van der Waals surface area contributed by atoms with Crippen LogP contribution in [0, 0.1) is 0 Å². The zero-order valence-corrected chi connectivity index (χ0v) is 21.1. The monoisotopic (exact) mass is 536 g/mol. The second-order valence-electron chi connectivity index (χ2n) is 8.00. The second kappa shape index (κ2) is 8.37. The summed E-state index contributed by atoms with van der Waals surface area (Å²) < 4.78 is 3.76. The van der Waals surface area contributed by atoms with Gasteiger partial charge >= 0.3 is 0 Å². The Labute approximate surface area is 207 Å². The Bertz CT molecular complexity index is 1610. The minimum atomic E-state index is -0.295. The van der Waals surface area contributed by atoms with Crippen molar-refractivity contribution >= 4 is 76.8 Å². The summed E-state index contributed by atoms with van der Waals surface area (Å²) in [7, 11) is 3.43. The van der Waals surface area contributed by atoms with Crippen molar-refractivity contribution in [2.75, 3.05) is 12.8 Å². The van der Waals surface area contributed by atoms with E-state index >= 15 is 0 Å². The number of hydrogen-bond acceptors (Lipinski definition) is 6. The maximum Gasteiger partial charge on any atom is 0.272 e. The van der Waals surface area contributed by atoms with Gasteiger partial charge in [-0.25, -0.2) is 9.99 Å². The first-order chi connectivity index (χ1) is 16.3. The highest BCUT2D eigenvalue weighted by Crippen LogP contribution is 2.37. The third kappa shape index (κ3) is 3.59. The van der Waals surface area contributed by atoms with Gasteiger partial charge in [0, 0.05) is 51.4 Å². The van der Waals surface area contributed by atoms with Crippen LogP contribution in [0.4, 0.5) is 5.82 Å². The van der Waals surface area contributed by atoms with Crippen LogP contribution in [-0.2, 0) is 18.4 Å². The lowest BCUT2D eigenvalue weighted by molar-refractivity contribution is -0.140. The Balaban J connectivity index is 1.60. The summed E-state index contributed by atoms with van der Waals surface area (Å²) >= 11 is 5.27. The standard InChI is InChI=1S/C24H21BrN6O2S/c1-13(32)30(3)31(12-20-21(25)15-6-4-5-7-19(15)34-20)24(33)14-8-9-18-16(10-14)22-17(23(26)28-18)11-27-29(22)2/h4-11H,12H2,1-3H3,(H2,26,28). The van der Waals surface area contributed by atoms with E-state index in [4.69, 9.17) is 5.73 Å². The van der Waals surface area contributed by atoms with Gasteiger partial charge in [-0.15, -0.1) is 11.3 Å². The second-order valence-corrected chi connectivity index (χ2v) is 9.93. The molecule has 0 aliphatic rings. The number of aryl methyl sites for hydroxylation is 1. The van der Waals surface area contributed by atoms with Crippen LogP contribution in [0.3, 0.4) is 0 Å². The molecule has 8 nitrogen and oxygen atoms in total. The van der Waals surface area contributed by atoms with Gasteiger partial charge in [0.2, 0.25) is 5.91 Å². The highest BCUT2D eigenvalue weighted by molar-refractivity contribution is 9.10. The van der Waals surface area contributed by atoms with Crippen molar-refractivity contribution in [2.45, 2.75) is 13.5 Å². The maximum absolute atomic E-state index is 13.7. The average molecular weight is 537 g/mol. The Morgan fingerprint density at radius 3 is 2.65 bits per heavy atom. The van der Waals surface area contributed by atoms with Gasteiger partial charge in [0.15, 0.2) is 0 Å². The molecule has 0 saturated carbocycles. The first kappa shape index (κ1) is 22.3. The van der Waals surface area contributed by atoms with Gasteiger partial charge < -0.3 is 5.73 Å². The smallest absolute Gasteiger partial charge is 0.272 e. The number of carbonyl (C=O) groups excluding carboxylic acids is 2. The minimum absolute atomic E-state index is 0.241. The van der Waals surface area contributed by atoms with Gasteiger partial charge in [0.25, 0.3) is 5.91 Å². The number of halogens is 1. The van der Waals surface area contributed by atoms with Crippen LogP contribution in [0.2, 0.25) is 0 Å². The fourth-order valence-electron chi connectivity index (χ4n) is 4.03. The molecule has 2 amide bonds. The number of hydrogen-bond donors (Lipinski definition) is 1. The lowest BCUT2D eigenvalue weighted by atomic mass is 10.1. The lowest BCUT2D eigenvalue weighted by Crippen LogP contribution is -2.46. The quantitative estimate of drug-likeness (QED) is 0.336. The Morgan fingerprint density at radius 1 is 1.15 bits per heavy atom. The minimum Gasteiger partial charge on any atom is -0.383 e. The number of nitrogens with two attached hydrogens (primary N) is 1. The summed E-state index contributed by atoms with van der Waals surface area (Å²) in [5.41, 5.74) is 8.01. The predicted octanol–water partition coefficient (Wildman–Crippen LogP) is 4.72. The van der Waals surface area contributed by atoms with Gasteiger partial charge in [0.05, 0.1) is 29.2 Å². The Hall–Kier alpha value is -3.50. The van der Waals surface area contributed by atoms with E-state index in [1.165, 1.54) is 16.9 Å². The summed E-state index contributed by atoms with van der Waals surface area (Å²) in [6.45, 7) is 1.68.